The molecule has 2 nitrogen and oxygen atoms in total. The minimum Gasteiger partial charge on any atom is -0.358 e. The summed E-state index contributed by atoms with van der Waals surface area (Å²) in [5.41, 5.74) is 1.27. The Balaban J connectivity index is 1.79. The summed E-state index contributed by atoms with van der Waals surface area (Å²) >= 11 is 5.91. The molecule has 0 N–H and O–H groups in total. The number of rotatable bonds is 6. The van der Waals surface area contributed by atoms with Crippen LogP contribution in [-0.4, -0.2) is 24.4 Å². The molecule has 1 heterocycles. The van der Waals surface area contributed by atoms with E-state index in [1.807, 2.05) is 54.6 Å². The van der Waals surface area contributed by atoms with E-state index in [4.69, 9.17) is 21.1 Å². The van der Waals surface area contributed by atoms with Crippen molar-refractivity contribution < 1.29 is 13.9 Å². The fourth-order valence-electron chi connectivity index (χ4n) is 3.78. The first-order valence-electron chi connectivity index (χ1n) is 9.44. The van der Waals surface area contributed by atoms with Crippen LogP contribution in [0, 0.1) is 0 Å². The van der Waals surface area contributed by atoms with Gasteiger partial charge in [-0.15, -0.1) is 0 Å². The minimum absolute atomic E-state index is 0.238. The fraction of sp³-hybridized carbons (Fsp3) is 0.250. The van der Waals surface area contributed by atoms with Gasteiger partial charge in [-0.25, -0.2) is 4.39 Å². The second-order valence-corrected chi connectivity index (χ2v) is 7.38. The molecule has 0 saturated carbocycles. The molecule has 1 aliphatic heterocycles. The molecular formula is C24H22ClFO2. The summed E-state index contributed by atoms with van der Waals surface area (Å²) in [6.45, 7) is 0.238. The van der Waals surface area contributed by atoms with Crippen molar-refractivity contribution in [2.75, 3.05) is 6.61 Å². The number of alkyl halides is 2. The third-order valence-corrected chi connectivity index (χ3v) is 5.50. The van der Waals surface area contributed by atoms with E-state index in [0.29, 0.717) is 0 Å². The summed E-state index contributed by atoms with van der Waals surface area (Å²) in [4.78, 5) is 0. The Morgan fingerprint density at radius 3 is 1.61 bits per heavy atom. The van der Waals surface area contributed by atoms with E-state index in [-0.39, 0.29) is 19.1 Å². The lowest BCUT2D eigenvalue weighted by Crippen LogP contribution is -2.35. The highest BCUT2D eigenvalue weighted by Crippen LogP contribution is 2.41. The van der Waals surface area contributed by atoms with Gasteiger partial charge in [0.25, 0.3) is 0 Å². The predicted octanol–water partition coefficient (Wildman–Crippen LogP) is 5.69. The average Bonchev–Trinajstić information content (AvgIpc) is 3.08. The molecular weight excluding hydrogens is 375 g/mol. The lowest BCUT2D eigenvalue weighted by Gasteiger charge is -2.36. The van der Waals surface area contributed by atoms with Crippen LogP contribution in [0.25, 0.3) is 0 Å². The Bertz CT molecular complexity index is 766. The Morgan fingerprint density at radius 1 is 0.821 bits per heavy atom. The highest BCUT2D eigenvalue weighted by atomic mass is 35.5. The third-order valence-electron chi connectivity index (χ3n) is 5.12. The van der Waals surface area contributed by atoms with Gasteiger partial charge in [0, 0.05) is 6.42 Å². The molecule has 28 heavy (non-hydrogen) atoms. The molecule has 3 atom stereocenters. The van der Waals surface area contributed by atoms with E-state index >= 15 is 0 Å². The van der Waals surface area contributed by atoms with E-state index in [0.717, 1.165) is 16.7 Å². The second-order valence-electron chi connectivity index (χ2n) is 6.95. The van der Waals surface area contributed by atoms with E-state index in [1.165, 1.54) is 0 Å². The van der Waals surface area contributed by atoms with Crippen molar-refractivity contribution in [3.05, 3.63) is 108 Å². The van der Waals surface area contributed by atoms with Gasteiger partial charge in [-0.2, -0.15) is 0 Å². The van der Waals surface area contributed by atoms with Gasteiger partial charge in [-0.05, 0) is 16.7 Å². The first-order chi connectivity index (χ1) is 13.7. The van der Waals surface area contributed by atoms with Crippen LogP contribution in [0.15, 0.2) is 91.0 Å². The van der Waals surface area contributed by atoms with Gasteiger partial charge in [-0.1, -0.05) is 103 Å². The highest BCUT2D eigenvalue weighted by Gasteiger charge is 2.40. The Morgan fingerprint density at radius 2 is 1.25 bits per heavy atom. The van der Waals surface area contributed by atoms with E-state index in [1.54, 1.807) is 0 Å². The van der Waals surface area contributed by atoms with Gasteiger partial charge in [0.2, 0.25) is 0 Å². The lowest BCUT2D eigenvalue weighted by molar-refractivity contribution is -0.0511. The van der Waals surface area contributed by atoms with Crippen molar-refractivity contribution in [2.24, 2.45) is 0 Å². The largest absolute Gasteiger partial charge is 0.358 e. The predicted molar refractivity (Wildman–Crippen MR) is 109 cm³/mol. The van der Waals surface area contributed by atoms with Crippen LogP contribution >= 0.6 is 11.6 Å². The van der Waals surface area contributed by atoms with Crippen LogP contribution in [0.2, 0.25) is 0 Å². The Hall–Kier alpha value is -2.20. The molecule has 4 rings (SSSR count). The molecule has 0 radical (unpaired) electrons. The third kappa shape index (κ3) is 3.70. The molecule has 0 amide bonds. The average molecular weight is 397 g/mol. The zero-order valence-corrected chi connectivity index (χ0v) is 16.1. The summed E-state index contributed by atoms with van der Waals surface area (Å²) in [5.74, 6) is 0. The molecule has 1 fully saturated rings. The van der Waals surface area contributed by atoms with Crippen LogP contribution in [0.1, 0.15) is 23.1 Å². The second kappa shape index (κ2) is 8.44. The summed E-state index contributed by atoms with van der Waals surface area (Å²) in [5, 5.41) is 0. The van der Waals surface area contributed by atoms with Gasteiger partial charge < -0.3 is 9.47 Å². The molecule has 0 spiro atoms. The lowest BCUT2D eigenvalue weighted by atomic mass is 9.80. The molecule has 0 aliphatic carbocycles. The standard InChI is InChI=1S/C24H22ClFO2/c25-23-22(26)16-21(28-23)17-27-24(18-10-4-1-5-11-18,19-12-6-2-7-13-19)20-14-8-3-9-15-20/h1-15,21-23H,16-17H2/t21?,22-,23-/m0/s1. The Labute approximate surface area is 169 Å². The monoisotopic (exact) mass is 396 g/mol. The summed E-state index contributed by atoms with van der Waals surface area (Å²) in [6.07, 6.45) is -1.31. The van der Waals surface area contributed by atoms with Crippen molar-refractivity contribution >= 4 is 11.6 Å². The van der Waals surface area contributed by atoms with Crippen molar-refractivity contribution in [2.45, 2.75) is 29.9 Å². The van der Waals surface area contributed by atoms with Gasteiger partial charge in [0.15, 0.2) is 5.56 Å². The highest BCUT2D eigenvalue weighted by molar-refractivity contribution is 6.20. The molecule has 3 aromatic rings. The van der Waals surface area contributed by atoms with E-state index in [2.05, 4.69) is 36.4 Å². The van der Waals surface area contributed by atoms with Gasteiger partial charge >= 0.3 is 0 Å². The molecule has 4 heteroatoms. The summed E-state index contributed by atoms with van der Waals surface area (Å²) < 4.78 is 26.0. The zero-order chi connectivity index (χ0) is 19.4. The molecule has 0 aromatic heterocycles. The van der Waals surface area contributed by atoms with Gasteiger partial charge in [0.05, 0.1) is 12.7 Å². The topological polar surface area (TPSA) is 18.5 Å². The van der Waals surface area contributed by atoms with Crippen LogP contribution < -0.4 is 0 Å². The number of benzene rings is 3. The Kier molecular flexibility index (Phi) is 5.77. The van der Waals surface area contributed by atoms with E-state index in [9.17, 15) is 4.39 Å². The van der Waals surface area contributed by atoms with Crippen molar-refractivity contribution in [1.82, 2.24) is 0 Å². The van der Waals surface area contributed by atoms with Gasteiger partial charge in [0.1, 0.15) is 11.8 Å². The minimum atomic E-state index is -1.17. The molecule has 1 aliphatic rings. The summed E-state index contributed by atoms with van der Waals surface area (Å²) in [7, 11) is 0. The number of ether oxygens (including phenoxy) is 2. The summed E-state index contributed by atoms with van der Waals surface area (Å²) in [6, 6.07) is 30.3. The van der Waals surface area contributed by atoms with Crippen molar-refractivity contribution in [3.8, 4) is 0 Å². The maximum Gasteiger partial charge on any atom is 0.162 e. The normalized spacial score (nSPS) is 22.3. The number of halogens is 2. The van der Waals surface area contributed by atoms with Crippen molar-refractivity contribution in [3.63, 3.8) is 0 Å². The first kappa shape index (κ1) is 19.1. The quantitative estimate of drug-likeness (QED) is 0.394. The fourth-order valence-corrected chi connectivity index (χ4v) is 4.02. The first-order valence-corrected chi connectivity index (χ1v) is 9.88. The SMILES string of the molecule is F[C@H]1CC(COC(c2ccccc2)(c2ccccc2)c2ccccc2)O[C@@H]1Cl. The molecule has 3 aromatic carbocycles. The maximum atomic E-state index is 13.8. The molecule has 0 bridgehead atoms. The van der Waals surface area contributed by atoms with E-state index < -0.39 is 17.3 Å². The van der Waals surface area contributed by atoms with Crippen LogP contribution in [-0.2, 0) is 15.1 Å². The molecule has 144 valence electrons. The maximum absolute atomic E-state index is 13.8. The van der Waals surface area contributed by atoms with Crippen molar-refractivity contribution in [1.29, 1.82) is 0 Å². The zero-order valence-electron chi connectivity index (χ0n) is 15.4. The molecule has 1 saturated heterocycles. The van der Waals surface area contributed by atoms with Crippen LogP contribution in [0.5, 0.6) is 0 Å². The van der Waals surface area contributed by atoms with Crippen LogP contribution in [0.3, 0.4) is 0 Å². The van der Waals surface area contributed by atoms with Gasteiger partial charge in [-0.3, -0.25) is 0 Å². The number of hydrogen-bond acceptors (Lipinski definition) is 2. The number of hydrogen-bond donors (Lipinski definition) is 0. The van der Waals surface area contributed by atoms with Crippen LogP contribution in [0.4, 0.5) is 4.39 Å². The smallest absolute Gasteiger partial charge is 0.162 e. The molecule has 1 unspecified atom stereocenters.